The molecule has 2 aromatic carbocycles. The molecule has 1 fully saturated rings. The van der Waals surface area contributed by atoms with Gasteiger partial charge < -0.3 is 25.0 Å². The normalized spacial score (nSPS) is 16.7. The van der Waals surface area contributed by atoms with E-state index >= 15 is 0 Å². The number of carbonyl (C=O) groups excluding carboxylic acids is 2. The molecule has 31 heavy (non-hydrogen) atoms. The molecule has 0 aromatic heterocycles. The lowest BCUT2D eigenvalue weighted by Crippen LogP contribution is -2.56. The number of benzene rings is 2. The fourth-order valence-corrected chi connectivity index (χ4v) is 3.47. The van der Waals surface area contributed by atoms with E-state index in [1.165, 1.54) is 0 Å². The summed E-state index contributed by atoms with van der Waals surface area (Å²) in [6.45, 7) is 9.14. The molecule has 0 unspecified atom stereocenters. The summed E-state index contributed by atoms with van der Waals surface area (Å²) in [5.41, 5.74) is 7.56. The molecule has 1 saturated heterocycles. The van der Waals surface area contributed by atoms with Crippen molar-refractivity contribution in [2.24, 2.45) is 0 Å². The first-order chi connectivity index (χ1) is 14.6. The number of rotatable bonds is 4. The summed E-state index contributed by atoms with van der Waals surface area (Å²) in [5, 5.41) is 0. The molecule has 2 amide bonds. The van der Waals surface area contributed by atoms with Crippen molar-refractivity contribution in [3.05, 3.63) is 59.7 Å². The molecule has 7 heteroatoms. The monoisotopic (exact) mass is 425 g/mol. The number of hydrogen-bond acceptors (Lipinski definition) is 5. The van der Waals surface area contributed by atoms with Gasteiger partial charge in [-0.1, -0.05) is 30.3 Å². The number of hydrogen-bond donors (Lipinski definition) is 1. The van der Waals surface area contributed by atoms with Crippen molar-refractivity contribution >= 4 is 17.7 Å². The van der Waals surface area contributed by atoms with Crippen molar-refractivity contribution < 1.29 is 19.1 Å². The van der Waals surface area contributed by atoms with Gasteiger partial charge in [0.1, 0.15) is 18.0 Å². The zero-order chi connectivity index (χ0) is 22.6. The summed E-state index contributed by atoms with van der Waals surface area (Å²) in [7, 11) is 0. The summed E-state index contributed by atoms with van der Waals surface area (Å²) in [4.78, 5) is 28.8. The lowest BCUT2D eigenvalue weighted by molar-refractivity contribution is 0.00617. The van der Waals surface area contributed by atoms with Gasteiger partial charge >= 0.3 is 6.09 Å². The topological polar surface area (TPSA) is 85.1 Å². The molecule has 0 bridgehead atoms. The van der Waals surface area contributed by atoms with Crippen molar-refractivity contribution in [1.29, 1.82) is 0 Å². The first-order valence-electron chi connectivity index (χ1n) is 10.5. The molecular weight excluding hydrogens is 394 g/mol. The highest BCUT2D eigenvalue weighted by molar-refractivity contribution is 5.96. The number of nitrogens with two attached hydrogens (primary N) is 1. The Morgan fingerprint density at radius 2 is 1.81 bits per heavy atom. The minimum Gasteiger partial charge on any atom is -0.487 e. The quantitative estimate of drug-likeness (QED) is 0.751. The summed E-state index contributed by atoms with van der Waals surface area (Å²) in [6.07, 6.45) is -0.351. The standard InChI is InChI=1S/C24H31N3O4/c1-17-15-26(23(29)31-24(2,3)4)12-13-27(17)22(28)19-10-11-21(20(25)14-19)30-16-18-8-6-5-7-9-18/h5-11,14,17H,12-13,15-16,25H2,1-4H3/t17-/m0/s1. The maximum Gasteiger partial charge on any atom is 0.410 e. The molecular formula is C24H31N3O4. The van der Waals surface area contributed by atoms with E-state index in [0.717, 1.165) is 5.56 Å². The maximum atomic E-state index is 13.1. The molecule has 1 aliphatic rings. The van der Waals surface area contributed by atoms with E-state index in [1.807, 2.05) is 58.0 Å². The van der Waals surface area contributed by atoms with E-state index in [2.05, 4.69) is 0 Å². The van der Waals surface area contributed by atoms with Crippen LogP contribution in [0.4, 0.5) is 10.5 Å². The average Bonchev–Trinajstić information content (AvgIpc) is 2.72. The molecule has 2 aromatic rings. The lowest BCUT2D eigenvalue weighted by Gasteiger charge is -2.40. The largest absolute Gasteiger partial charge is 0.487 e. The zero-order valence-electron chi connectivity index (χ0n) is 18.6. The van der Waals surface area contributed by atoms with Gasteiger partial charge in [0, 0.05) is 31.2 Å². The van der Waals surface area contributed by atoms with Crippen LogP contribution in [0.25, 0.3) is 0 Å². The van der Waals surface area contributed by atoms with Crippen molar-refractivity contribution in [1.82, 2.24) is 9.80 Å². The van der Waals surface area contributed by atoms with Gasteiger partial charge in [0.05, 0.1) is 5.69 Å². The molecule has 0 saturated carbocycles. The molecule has 1 atom stereocenters. The Hall–Kier alpha value is -3.22. The third kappa shape index (κ3) is 5.90. The van der Waals surface area contributed by atoms with Crippen molar-refractivity contribution in [2.45, 2.75) is 45.9 Å². The fourth-order valence-electron chi connectivity index (χ4n) is 3.47. The molecule has 1 heterocycles. The molecule has 0 spiro atoms. The molecule has 0 radical (unpaired) electrons. The minimum absolute atomic E-state index is 0.113. The second-order valence-corrected chi connectivity index (χ2v) is 8.80. The van der Waals surface area contributed by atoms with Crippen LogP contribution in [0.5, 0.6) is 5.75 Å². The molecule has 3 rings (SSSR count). The minimum atomic E-state index is -0.546. The highest BCUT2D eigenvalue weighted by Crippen LogP contribution is 2.25. The Bertz CT molecular complexity index is 924. The van der Waals surface area contributed by atoms with Crippen molar-refractivity contribution in [3.63, 3.8) is 0 Å². The second kappa shape index (κ2) is 9.29. The number of anilines is 1. The van der Waals surface area contributed by atoms with Gasteiger partial charge in [-0.2, -0.15) is 0 Å². The number of nitrogens with zero attached hydrogens (tertiary/aromatic N) is 2. The molecule has 2 N–H and O–H groups in total. The van der Waals surface area contributed by atoms with E-state index in [9.17, 15) is 9.59 Å². The van der Waals surface area contributed by atoms with Gasteiger partial charge in [-0.15, -0.1) is 0 Å². The van der Waals surface area contributed by atoms with Crippen LogP contribution in [0, 0.1) is 0 Å². The predicted molar refractivity (Wildman–Crippen MR) is 120 cm³/mol. The fraction of sp³-hybridized carbons (Fsp3) is 0.417. The Morgan fingerprint density at radius 1 is 1.10 bits per heavy atom. The molecule has 7 nitrogen and oxygen atoms in total. The lowest BCUT2D eigenvalue weighted by atomic mass is 10.1. The molecule has 0 aliphatic carbocycles. The van der Waals surface area contributed by atoms with Gasteiger partial charge in [0.25, 0.3) is 5.91 Å². The van der Waals surface area contributed by atoms with E-state index in [1.54, 1.807) is 28.0 Å². The SMILES string of the molecule is C[C@H]1CN(C(=O)OC(C)(C)C)CCN1C(=O)c1ccc(OCc2ccccc2)c(N)c1. The summed E-state index contributed by atoms with van der Waals surface area (Å²) >= 11 is 0. The summed E-state index contributed by atoms with van der Waals surface area (Å²) < 4.78 is 11.2. The number of ether oxygens (including phenoxy) is 2. The van der Waals surface area contributed by atoms with E-state index < -0.39 is 5.60 Å². The molecule has 166 valence electrons. The van der Waals surface area contributed by atoms with E-state index in [0.29, 0.717) is 43.2 Å². The number of piperazine rings is 1. The highest BCUT2D eigenvalue weighted by Gasteiger charge is 2.32. The van der Waals surface area contributed by atoms with Crippen LogP contribution >= 0.6 is 0 Å². The Labute approximate surface area is 183 Å². The van der Waals surface area contributed by atoms with Crippen LogP contribution in [0.15, 0.2) is 48.5 Å². The van der Waals surface area contributed by atoms with Crippen LogP contribution in [-0.4, -0.2) is 53.1 Å². The van der Waals surface area contributed by atoms with Crippen LogP contribution in [-0.2, 0) is 11.3 Å². The summed E-state index contributed by atoms with van der Waals surface area (Å²) in [5.74, 6) is 0.431. The summed E-state index contributed by atoms with van der Waals surface area (Å²) in [6, 6.07) is 14.8. The van der Waals surface area contributed by atoms with Gasteiger partial charge in [-0.3, -0.25) is 4.79 Å². The number of nitrogen functional groups attached to an aromatic ring is 1. The van der Waals surface area contributed by atoms with Gasteiger partial charge in [-0.05, 0) is 51.5 Å². The smallest absolute Gasteiger partial charge is 0.410 e. The Balaban J connectivity index is 1.61. The number of amides is 2. The number of carbonyl (C=O) groups is 2. The molecule has 1 aliphatic heterocycles. The maximum absolute atomic E-state index is 13.1. The average molecular weight is 426 g/mol. The van der Waals surface area contributed by atoms with Crippen LogP contribution in [0.3, 0.4) is 0 Å². The van der Waals surface area contributed by atoms with Gasteiger partial charge in [-0.25, -0.2) is 4.79 Å². The third-order valence-electron chi connectivity index (χ3n) is 5.03. The van der Waals surface area contributed by atoms with Crippen molar-refractivity contribution in [3.8, 4) is 5.75 Å². The van der Waals surface area contributed by atoms with Crippen LogP contribution in [0.1, 0.15) is 43.6 Å². The van der Waals surface area contributed by atoms with Crippen LogP contribution < -0.4 is 10.5 Å². The first kappa shape index (κ1) is 22.5. The van der Waals surface area contributed by atoms with Gasteiger partial charge in [0.2, 0.25) is 0 Å². The zero-order valence-corrected chi connectivity index (χ0v) is 18.6. The van der Waals surface area contributed by atoms with Crippen molar-refractivity contribution in [2.75, 3.05) is 25.4 Å². The van der Waals surface area contributed by atoms with Crippen LogP contribution in [0.2, 0.25) is 0 Å². The van der Waals surface area contributed by atoms with Gasteiger partial charge in [0.15, 0.2) is 0 Å². The van der Waals surface area contributed by atoms with E-state index in [-0.39, 0.29) is 18.0 Å². The first-order valence-corrected chi connectivity index (χ1v) is 10.5. The third-order valence-corrected chi connectivity index (χ3v) is 5.03. The Kier molecular flexibility index (Phi) is 6.73. The van der Waals surface area contributed by atoms with E-state index in [4.69, 9.17) is 15.2 Å². The second-order valence-electron chi connectivity index (χ2n) is 8.80. The Morgan fingerprint density at radius 3 is 2.42 bits per heavy atom. The predicted octanol–water partition coefficient (Wildman–Crippen LogP) is 3.93. The highest BCUT2D eigenvalue weighted by atomic mass is 16.6.